The summed E-state index contributed by atoms with van der Waals surface area (Å²) in [5.74, 6) is 0.0712. The molecule has 2 bridgehead atoms. The molecule has 4 atom stereocenters. The first-order valence-electron chi connectivity index (χ1n) is 12.4. The van der Waals surface area contributed by atoms with Crippen LogP contribution >= 0.6 is 32.0 Å². The maximum atomic E-state index is 11.6. The topological polar surface area (TPSA) is 95.6 Å². The SMILES string of the molecule is COC(=O)CSc1cc2nc(c1)C[N-][C@@H]1CCCC[C@H]1[N-]CC[N-]C1CCCC[C@H]1[N-]C2.[Cl][Mn][Cl].[HH].[HH].[HH].[HH]. The molecule has 7 nitrogen and oxygen atoms in total. The van der Waals surface area contributed by atoms with Crippen LogP contribution in [0.4, 0.5) is 0 Å². The summed E-state index contributed by atoms with van der Waals surface area (Å²) in [6.45, 7) is 2.79. The van der Waals surface area contributed by atoms with Gasteiger partial charge in [-0.25, -0.2) is 0 Å². The first-order chi connectivity index (χ1) is 17.1. The van der Waals surface area contributed by atoms with Crippen LogP contribution in [0.1, 0.15) is 68.5 Å². The van der Waals surface area contributed by atoms with Crippen molar-refractivity contribution >= 4 is 37.9 Å². The van der Waals surface area contributed by atoms with E-state index in [-0.39, 0.29) is 36.9 Å². The van der Waals surface area contributed by atoms with E-state index >= 15 is 0 Å². The van der Waals surface area contributed by atoms with Gasteiger partial charge in [-0.15, -0.1) is 24.9 Å². The fraction of sp³-hybridized carbons (Fsp3) is 0.750. The zero-order valence-corrected chi connectivity index (χ0v) is 23.8. The van der Waals surface area contributed by atoms with Crippen LogP contribution in [0.15, 0.2) is 17.0 Å². The monoisotopic (exact) mass is 590 g/mol. The van der Waals surface area contributed by atoms with Crippen molar-refractivity contribution in [2.75, 3.05) is 26.0 Å². The molecule has 0 N–H and O–H groups in total. The van der Waals surface area contributed by atoms with Gasteiger partial charge in [-0.1, -0.05) is 51.4 Å². The van der Waals surface area contributed by atoms with Crippen molar-refractivity contribution in [2.45, 2.75) is 93.5 Å². The number of fused-ring (bicyclic) bond motifs is 4. The summed E-state index contributed by atoms with van der Waals surface area (Å²) in [6.07, 6.45) is 9.39. The second-order valence-corrected chi connectivity index (χ2v) is 12.0. The standard InChI is InChI=1S/C24H35N5O2S.2ClH.Mn.4H2/c1-31-24(30)16-32-19-12-17-14-27-22-8-4-2-6-20(22)25-10-11-26-21-7-3-5-9-23(21)28-15-18(13-19)29-17;;;;;;;/h12-13,20-23H,2-11,14-16H2,1H3;2*1H;;4*1H/q-4;;;+2;;;;/p-2/t20-,21?,22-,23-;;;;;;;/m1......./s1. The summed E-state index contributed by atoms with van der Waals surface area (Å²) in [6, 6.07) is 5.30. The molecule has 35 heavy (non-hydrogen) atoms. The van der Waals surface area contributed by atoms with Gasteiger partial charge < -0.3 is 26.0 Å². The summed E-state index contributed by atoms with van der Waals surface area (Å²) in [5.41, 5.74) is 1.91. The van der Waals surface area contributed by atoms with Crippen LogP contribution in [0.5, 0.6) is 0 Å². The Morgan fingerprint density at radius 3 is 1.80 bits per heavy atom. The molecule has 1 aromatic heterocycles. The van der Waals surface area contributed by atoms with Crippen LogP contribution in [0.3, 0.4) is 0 Å². The summed E-state index contributed by atoms with van der Waals surface area (Å²) < 4.78 is 4.81. The van der Waals surface area contributed by atoms with Gasteiger partial charge in [0.15, 0.2) is 0 Å². The Morgan fingerprint density at radius 2 is 1.37 bits per heavy atom. The molecule has 2 fully saturated rings. The normalized spacial score (nSPS) is 27.6. The van der Waals surface area contributed by atoms with Gasteiger partial charge in [0.05, 0.1) is 12.9 Å². The van der Waals surface area contributed by atoms with E-state index in [1.807, 2.05) is 0 Å². The van der Waals surface area contributed by atoms with Crippen molar-refractivity contribution in [1.82, 2.24) is 4.98 Å². The number of aromatic nitrogens is 1. The van der Waals surface area contributed by atoms with Crippen molar-refractivity contribution in [1.29, 1.82) is 0 Å². The second-order valence-electron chi connectivity index (χ2n) is 9.04. The van der Waals surface area contributed by atoms with Crippen LogP contribution in [-0.4, -0.2) is 61.1 Å². The van der Waals surface area contributed by atoms with Gasteiger partial charge in [-0.3, -0.25) is 9.78 Å². The molecule has 0 aromatic carbocycles. The number of esters is 1. The van der Waals surface area contributed by atoms with Crippen molar-refractivity contribution in [3.63, 3.8) is 0 Å². The summed E-state index contributed by atoms with van der Waals surface area (Å²) in [7, 11) is 11.0. The molecule has 207 valence electrons. The molecular weight excluding hydrogens is 548 g/mol. The molecular formula is C24H43Cl2MnN5O2S-4. The first-order valence-corrected chi connectivity index (χ1v) is 16.6. The molecule has 1 unspecified atom stereocenters. The van der Waals surface area contributed by atoms with Gasteiger partial charge in [0.25, 0.3) is 0 Å². The van der Waals surface area contributed by atoms with Gasteiger partial charge in [0.1, 0.15) is 0 Å². The van der Waals surface area contributed by atoms with Crippen molar-refractivity contribution in [3.05, 3.63) is 44.8 Å². The number of hydrogen-bond acceptors (Lipinski definition) is 4. The Kier molecular flexibility index (Phi) is 14.1. The number of methoxy groups -OCH3 is 1. The van der Waals surface area contributed by atoms with Crippen LogP contribution < -0.4 is 0 Å². The Balaban J connectivity index is 0. The van der Waals surface area contributed by atoms with Crippen LogP contribution in [-0.2, 0) is 35.8 Å². The third kappa shape index (κ3) is 10.3. The molecule has 0 radical (unpaired) electrons. The molecule has 2 heterocycles. The van der Waals surface area contributed by atoms with E-state index in [0.717, 1.165) is 55.1 Å². The predicted octanol–water partition coefficient (Wildman–Crippen LogP) is 7.84. The average Bonchev–Trinajstić information content (AvgIpc) is 2.88. The molecule has 0 saturated heterocycles. The fourth-order valence-electron chi connectivity index (χ4n) is 4.97. The second kappa shape index (κ2) is 16.7. The molecule has 11 heteroatoms. The molecule has 2 aliphatic carbocycles. The Bertz CT molecular complexity index is 752. The smallest absolute Gasteiger partial charge is 0 e. The van der Waals surface area contributed by atoms with Crippen LogP contribution in [0.2, 0.25) is 0 Å². The Hall–Kier alpha value is -0.0905. The van der Waals surface area contributed by atoms with E-state index < -0.39 is 0 Å². The molecule has 3 aliphatic rings. The number of hydrogen-bond donors (Lipinski definition) is 0. The molecule has 0 spiro atoms. The molecule has 0 amide bonds. The first kappa shape index (κ1) is 29.5. The number of carbonyl (C=O) groups is 1. The van der Waals surface area contributed by atoms with Gasteiger partial charge in [-0.2, -0.15) is 37.3 Å². The average molecular weight is 592 g/mol. The molecule has 1 aromatic rings. The number of nitrogens with zero attached hydrogens (tertiary/aromatic N) is 5. The largest absolute Gasteiger partial charge is 0 e. The fourth-order valence-corrected chi connectivity index (χ4v) is 5.81. The van der Waals surface area contributed by atoms with E-state index in [4.69, 9.17) is 51.2 Å². The van der Waals surface area contributed by atoms with Crippen LogP contribution in [0.25, 0.3) is 21.3 Å². The summed E-state index contributed by atoms with van der Waals surface area (Å²) >= 11 is 1.50. The summed E-state index contributed by atoms with van der Waals surface area (Å²) in [5, 5.41) is 20.1. The number of carbonyl (C=O) groups excluding carboxylic acids is 1. The van der Waals surface area contributed by atoms with E-state index in [0.29, 0.717) is 30.9 Å². The zero-order chi connectivity index (χ0) is 24.9. The van der Waals surface area contributed by atoms with Gasteiger partial charge >= 0.3 is 39.3 Å². The summed E-state index contributed by atoms with van der Waals surface area (Å²) in [4.78, 5) is 17.6. The van der Waals surface area contributed by atoms with E-state index in [1.165, 1.54) is 44.6 Å². The molecule has 2 saturated carbocycles. The number of ether oxygens (including phenoxy) is 1. The predicted molar refractivity (Wildman–Crippen MR) is 150 cm³/mol. The van der Waals surface area contributed by atoms with Crippen LogP contribution in [0, 0.1) is 0 Å². The maximum Gasteiger partial charge on any atom is 0 e. The minimum atomic E-state index is -0.221. The number of pyridine rings is 1. The maximum absolute atomic E-state index is 11.6. The zero-order valence-electron chi connectivity index (χ0n) is 20.3. The van der Waals surface area contributed by atoms with E-state index in [9.17, 15) is 4.79 Å². The van der Waals surface area contributed by atoms with Crippen molar-refractivity contribution in [2.24, 2.45) is 0 Å². The number of halogens is 2. The Labute approximate surface area is 234 Å². The van der Waals surface area contributed by atoms with Crippen molar-refractivity contribution in [3.8, 4) is 0 Å². The minimum Gasteiger partial charge on any atom is 0 e. The number of rotatable bonds is 3. The quantitative estimate of drug-likeness (QED) is 0.203. The van der Waals surface area contributed by atoms with E-state index in [2.05, 4.69) is 12.1 Å². The van der Waals surface area contributed by atoms with Gasteiger partial charge in [0, 0.05) is 22.0 Å². The number of thioether (sulfide) groups is 1. The van der Waals surface area contributed by atoms with E-state index in [1.54, 1.807) is 0 Å². The van der Waals surface area contributed by atoms with Gasteiger partial charge in [-0.05, 0) is 12.1 Å². The van der Waals surface area contributed by atoms with Crippen molar-refractivity contribution < 1.29 is 28.4 Å². The van der Waals surface area contributed by atoms with Gasteiger partial charge in [0.2, 0.25) is 0 Å². The third-order valence-electron chi connectivity index (χ3n) is 6.68. The minimum absolute atomic E-state index is 0. The molecule has 1 aliphatic heterocycles. The Morgan fingerprint density at radius 1 is 0.943 bits per heavy atom. The third-order valence-corrected chi connectivity index (χ3v) is 7.63. The molecule has 4 rings (SSSR count).